The molecule has 0 aliphatic heterocycles. The SMILES string of the molecule is CCOC(=O)N[C@@H](CNC(=O)Cc1c(C)nc(-c2cccnc2)[nH]c1=O)CC(C)C. The van der Waals surface area contributed by atoms with Gasteiger partial charge in [0, 0.05) is 41.8 Å². The van der Waals surface area contributed by atoms with E-state index in [-0.39, 0.29) is 37.1 Å². The minimum absolute atomic E-state index is 0.102. The monoisotopic (exact) mass is 415 g/mol. The Labute approximate surface area is 175 Å². The van der Waals surface area contributed by atoms with Gasteiger partial charge >= 0.3 is 6.09 Å². The molecule has 2 heterocycles. The van der Waals surface area contributed by atoms with E-state index in [1.807, 2.05) is 13.8 Å². The zero-order chi connectivity index (χ0) is 22.1. The summed E-state index contributed by atoms with van der Waals surface area (Å²) in [6.45, 7) is 8.00. The number of amides is 2. The second kappa shape index (κ2) is 11.1. The molecule has 0 bridgehead atoms. The highest BCUT2D eigenvalue weighted by Crippen LogP contribution is 2.12. The Morgan fingerprint density at radius 2 is 2.07 bits per heavy atom. The summed E-state index contributed by atoms with van der Waals surface area (Å²) in [7, 11) is 0. The van der Waals surface area contributed by atoms with Gasteiger partial charge < -0.3 is 20.4 Å². The second-order valence-corrected chi connectivity index (χ2v) is 7.39. The Morgan fingerprint density at radius 1 is 1.30 bits per heavy atom. The lowest BCUT2D eigenvalue weighted by molar-refractivity contribution is -0.120. The fourth-order valence-electron chi connectivity index (χ4n) is 3.02. The second-order valence-electron chi connectivity index (χ2n) is 7.39. The molecule has 9 nitrogen and oxygen atoms in total. The molecule has 2 aromatic rings. The zero-order valence-corrected chi connectivity index (χ0v) is 17.8. The van der Waals surface area contributed by atoms with Gasteiger partial charge in [-0.25, -0.2) is 9.78 Å². The first kappa shape index (κ1) is 23.1. The lowest BCUT2D eigenvalue weighted by atomic mass is 10.0. The minimum atomic E-state index is -0.514. The summed E-state index contributed by atoms with van der Waals surface area (Å²) >= 11 is 0. The van der Waals surface area contributed by atoms with E-state index in [0.29, 0.717) is 35.0 Å². The van der Waals surface area contributed by atoms with Crippen LogP contribution < -0.4 is 16.2 Å². The summed E-state index contributed by atoms with van der Waals surface area (Å²) < 4.78 is 4.91. The Morgan fingerprint density at radius 3 is 2.67 bits per heavy atom. The number of carbonyl (C=O) groups excluding carboxylic acids is 2. The van der Waals surface area contributed by atoms with Crippen molar-refractivity contribution in [3.8, 4) is 11.4 Å². The molecule has 1 atom stereocenters. The van der Waals surface area contributed by atoms with Crippen molar-refractivity contribution in [3.63, 3.8) is 0 Å². The van der Waals surface area contributed by atoms with E-state index in [1.165, 1.54) is 0 Å². The van der Waals surface area contributed by atoms with Crippen LogP contribution in [0, 0.1) is 12.8 Å². The number of aryl methyl sites for hydroxylation is 1. The van der Waals surface area contributed by atoms with Gasteiger partial charge in [-0.15, -0.1) is 0 Å². The predicted octanol–water partition coefficient (Wildman–Crippen LogP) is 1.96. The lowest BCUT2D eigenvalue weighted by Crippen LogP contribution is -2.45. The maximum atomic E-state index is 12.5. The Hall–Kier alpha value is -3.23. The van der Waals surface area contributed by atoms with Crippen LogP contribution in [0.3, 0.4) is 0 Å². The largest absolute Gasteiger partial charge is 0.450 e. The molecule has 0 saturated heterocycles. The molecule has 162 valence electrons. The number of carbonyl (C=O) groups is 2. The molecule has 2 amide bonds. The molecule has 0 unspecified atom stereocenters. The number of hydrogen-bond acceptors (Lipinski definition) is 6. The number of alkyl carbamates (subject to hydrolysis) is 1. The molecule has 30 heavy (non-hydrogen) atoms. The van der Waals surface area contributed by atoms with Crippen LogP contribution in [0.2, 0.25) is 0 Å². The van der Waals surface area contributed by atoms with E-state index in [4.69, 9.17) is 4.74 Å². The number of hydrogen-bond donors (Lipinski definition) is 3. The third-order valence-electron chi connectivity index (χ3n) is 4.39. The van der Waals surface area contributed by atoms with Crippen molar-refractivity contribution >= 4 is 12.0 Å². The van der Waals surface area contributed by atoms with Crippen LogP contribution in [0.15, 0.2) is 29.3 Å². The Kier molecular flexibility index (Phi) is 8.52. The first-order chi connectivity index (χ1) is 14.3. The average molecular weight is 415 g/mol. The summed E-state index contributed by atoms with van der Waals surface area (Å²) in [5.74, 6) is 0.410. The number of pyridine rings is 1. The molecule has 2 rings (SSSR count). The topological polar surface area (TPSA) is 126 Å². The summed E-state index contributed by atoms with van der Waals surface area (Å²) in [5.41, 5.74) is 1.12. The predicted molar refractivity (Wildman–Crippen MR) is 113 cm³/mol. The number of rotatable bonds is 9. The fraction of sp³-hybridized carbons (Fsp3) is 0.476. The van der Waals surface area contributed by atoms with E-state index in [1.54, 1.807) is 38.4 Å². The smallest absolute Gasteiger partial charge is 0.407 e. The summed E-state index contributed by atoms with van der Waals surface area (Å²) in [6.07, 6.45) is 3.31. The number of nitrogens with one attached hydrogen (secondary N) is 3. The van der Waals surface area contributed by atoms with Gasteiger partial charge in [0.1, 0.15) is 5.82 Å². The van der Waals surface area contributed by atoms with Gasteiger partial charge in [0.15, 0.2) is 0 Å². The fourth-order valence-corrected chi connectivity index (χ4v) is 3.02. The van der Waals surface area contributed by atoms with Crippen molar-refractivity contribution < 1.29 is 14.3 Å². The molecule has 0 aliphatic rings. The molecule has 0 radical (unpaired) electrons. The third kappa shape index (κ3) is 6.98. The number of aromatic nitrogens is 3. The van der Waals surface area contributed by atoms with Crippen LogP contribution in [-0.2, 0) is 16.0 Å². The summed E-state index contributed by atoms with van der Waals surface area (Å²) in [4.78, 5) is 47.8. The highest BCUT2D eigenvalue weighted by Gasteiger charge is 2.18. The van der Waals surface area contributed by atoms with Crippen LogP contribution in [0.5, 0.6) is 0 Å². The highest BCUT2D eigenvalue weighted by molar-refractivity contribution is 5.79. The molecule has 0 aromatic carbocycles. The molecule has 0 saturated carbocycles. The molecule has 0 fully saturated rings. The molecule has 0 spiro atoms. The van der Waals surface area contributed by atoms with E-state index < -0.39 is 6.09 Å². The maximum absolute atomic E-state index is 12.5. The molecular formula is C21H29N5O4. The van der Waals surface area contributed by atoms with Crippen molar-refractivity contribution in [2.45, 2.75) is 46.6 Å². The van der Waals surface area contributed by atoms with Crippen LogP contribution in [0.25, 0.3) is 11.4 Å². The summed E-state index contributed by atoms with van der Waals surface area (Å²) in [5, 5.41) is 5.54. The first-order valence-corrected chi connectivity index (χ1v) is 10.00. The molecular weight excluding hydrogens is 386 g/mol. The van der Waals surface area contributed by atoms with Gasteiger partial charge in [0.05, 0.1) is 13.0 Å². The zero-order valence-electron chi connectivity index (χ0n) is 17.8. The van der Waals surface area contributed by atoms with Crippen LogP contribution in [0.4, 0.5) is 4.79 Å². The van der Waals surface area contributed by atoms with Crippen molar-refractivity contribution in [2.24, 2.45) is 5.92 Å². The maximum Gasteiger partial charge on any atom is 0.407 e. The molecule has 9 heteroatoms. The van der Waals surface area contributed by atoms with E-state index >= 15 is 0 Å². The van der Waals surface area contributed by atoms with Gasteiger partial charge in [-0.3, -0.25) is 14.6 Å². The number of ether oxygens (including phenoxy) is 1. The van der Waals surface area contributed by atoms with Gasteiger partial charge in [0.25, 0.3) is 5.56 Å². The standard InChI is InChI=1S/C21H29N5O4/c1-5-30-21(29)25-16(9-13(2)3)12-23-18(27)10-17-14(4)24-19(26-20(17)28)15-7-6-8-22-11-15/h6-8,11,13,16H,5,9-10,12H2,1-4H3,(H,23,27)(H,25,29)(H,24,26,28)/t16-/m1/s1. The molecule has 2 aromatic heterocycles. The number of H-pyrrole nitrogens is 1. The van der Waals surface area contributed by atoms with Gasteiger partial charge in [-0.1, -0.05) is 13.8 Å². The quantitative estimate of drug-likeness (QED) is 0.575. The van der Waals surface area contributed by atoms with Gasteiger partial charge in [-0.05, 0) is 38.3 Å². The minimum Gasteiger partial charge on any atom is -0.450 e. The Balaban J connectivity index is 2.02. The third-order valence-corrected chi connectivity index (χ3v) is 4.39. The van der Waals surface area contributed by atoms with Crippen LogP contribution in [-0.4, -0.2) is 46.1 Å². The van der Waals surface area contributed by atoms with E-state index in [9.17, 15) is 14.4 Å². The van der Waals surface area contributed by atoms with Crippen molar-refractivity contribution in [2.75, 3.05) is 13.2 Å². The summed E-state index contributed by atoms with van der Waals surface area (Å²) in [6, 6.07) is 3.28. The van der Waals surface area contributed by atoms with Crippen LogP contribution in [0.1, 0.15) is 38.4 Å². The van der Waals surface area contributed by atoms with Crippen molar-refractivity contribution in [1.82, 2.24) is 25.6 Å². The first-order valence-electron chi connectivity index (χ1n) is 10.00. The highest BCUT2D eigenvalue weighted by atomic mass is 16.5. The van der Waals surface area contributed by atoms with E-state index in [2.05, 4.69) is 25.6 Å². The van der Waals surface area contributed by atoms with Gasteiger partial charge in [0.2, 0.25) is 5.91 Å². The van der Waals surface area contributed by atoms with Crippen molar-refractivity contribution in [3.05, 3.63) is 46.1 Å². The number of nitrogens with zero attached hydrogens (tertiary/aromatic N) is 2. The van der Waals surface area contributed by atoms with Gasteiger partial charge in [-0.2, -0.15) is 0 Å². The lowest BCUT2D eigenvalue weighted by Gasteiger charge is -2.20. The van der Waals surface area contributed by atoms with Crippen LogP contribution >= 0.6 is 0 Å². The molecule has 3 N–H and O–H groups in total. The number of aromatic amines is 1. The van der Waals surface area contributed by atoms with Crippen molar-refractivity contribution in [1.29, 1.82) is 0 Å². The van der Waals surface area contributed by atoms with E-state index in [0.717, 1.165) is 0 Å². The Bertz CT molecular complexity index is 911. The normalized spacial score (nSPS) is 11.8. The molecule has 0 aliphatic carbocycles. The average Bonchev–Trinajstić information content (AvgIpc) is 2.69.